The molecule has 7 nitrogen and oxygen atoms in total. The van der Waals surface area contributed by atoms with Gasteiger partial charge < -0.3 is 28.6 Å². The number of aliphatic hydroxyl groups excluding tert-OH is 1. The average molecular weight is 336 g/mol. The van der Waals surface area contributed by atoms with E-state index in [1.807, 2.05) is 13.8 Å². The van der Waals surface area contributed by atoms with E-state index in [-0.39, 0.29) is 6.16 Å². The first-order valence-electron chi connectivity index (χ1n) is 7.69. The predicted molar refractivity (Wildman–Crippen MR) is 77.8 cm³/mol. The lowest BCUT2D eigenvalue weighted by atomic mass is 10.0. The molecule has 1 N–H and O–H groups in total. The molecule has 22 heavy (non-hydrogen) atoms. The second kappa shape index (κ2) is 5.24. The highest BCUT2D eigenvalue weighted by molar-refractivity contribution is 7.59. The summed E-state index contributed by atoms with van der Waals surface area (Å²) >= 11 is 0. The van der Waals surface area contributed by atoms with E-state index in [1.165, 1.54) is 0 Å². The second-order valence-electron chi connectivity index (χ2n) is 6.96. The topological polar surface area (TPSA) is 83.5 Å². The van der Waals surface area contributed by atoms with Crippen LogP contribution in [0.1, 0.15) is 34.6 Å². The monoisotopic (exact) mass is 336 g/mol. The van der Waals surface area contributed by atoms with Gasteiger partial charge in [0.2, 0.25) is 7.37 Å². The van der Waals surface area contributed by atoms with Crippen LogP contribution < -0.4 is 0 Å². The lowest BCUT2D eigenvalue weighted by Crippen LogP contribution is -2.54. The third kappa shape index (κ3) is 2.77. The van der Waals surface area contributed by atoms with Crippen molar-refractivity contribution in [2.24, 2.45) is 0 Å². The Kier molecular flexibility index (Phi) is 4.01. The fraction of sp³-hybridized carbons (Fsp3) is 1.00. The Morgan fingerprint density at radius 3 is 2.23 bits per heavy atom. The van der Waals surface area contributed by atoms with Gasteiger partial charge in [-0.1, -0.05) is 6.92 Å². The molecule has 3 aliphatic heterocycles. The van der Waals surface area contributed by atoms with Gasteiger partial charge in [0.05, 0.1) is 6.61 Å². The molecule has 0 aromatic heterocycles. The minimum atomic E-state index is -3.25. The molecule has 0 aromatic carbocycles. The van der Waals surface area contributed by atoms with Gasteiger partial charge in [-0.05, 0) is 27.7 Å². The zero-order chi connectivity index (χ0) is 16.3. The second-order valence-corrected chi connectivity index (χ2v) is 9.78. The van der Waals surface area contributed by atoms with Gasteiger partial charge in [-0.25, -0.2) is 0 Å². The maximum absolute atomic E-state index is 12.9. The standard InChI is InChI=1S/C14H25O7P/c1-6-22(16)12(15)11-10(19-14(4,5)20-11)9(21-22)8-7-17-13(2,3)18-8/h8-12,15H,6-7H2,1-5H3/t8-,9-,10+,11+,12-,22?/m1/s1. The molecule has 6 atom stereocenters. The summed E-state index contributed by atoms with van der Waals surface area (Å²) in [6.07, 6.45) is -2.00. The van der Waals surface area contributed by atoms with E-state index in [9.17, 15) is 9.67 Å². The Labute approximate surface area is 130 Å². The molecule has 3 saturated heterocycles. The van der Waals surface area contributed by atoms with Crippen molar-refractivity contribution < 1.29 is 33.1 Å². The van der Waals surface area contributed by atoms with Crippen LogP contribution in [0.25, 0.3) is 0 Å². The summed E-state index contributed by atoms with van der Waals surface area (Å²) in [6.45, 7) is 9.22. The molecule has 3 fully saturated rings. The summed E-state index contributed by atoms with van der Waals surface area (Å²) in [7, 11) is -3.25. The van der Waals surface area contributed by atoms with Crippen molar-refractivity contribution in [1.82, 2.24) is 0 Å². The number of fused-ring (bicyclic) bond motifs is 1. The van der Waals surface area contributed by atoms with Crippen LogP contribution in [0.2, 0.25) is 0 Å². The highest BCUT2D eigenvalue weighted by Crippen LogP contribution is 2.60. The minimum absolute atomic E-state index is 0.231. The van der Waals surface area contributed by atoms with Crippen LogP contribution in [-0.4, -0.2) is 59.7 Å². The Hall–Kier alpha value is -0.0100. The van der Waals surface area contributed by atoms with Crippen molar-refractivity contribution in [3.63, 3.8) is 0 Å². The third-order valence-electron chi connectivity index (χ3n) is 4.32. The highest BCUT2D eigenvalue weighted by atomic mass is 31.2. The zero-order valence-corrected chi connectivity index (χ0v) is 14.5. The van der Waals surface area contributed by atoms with Gasteiger partial charge in [0.1, 0.15) is 24.4 Å². The first kappa shape index (κ1) is 16.8. The van der Waals surface area contributed by atoms with E-state index in [0.717, 1.165) is 0 Å². The number of ether oxygens (including phenoxy) is 4. The predicted octanol–water partition coefficient (Wildman–Crippen LogP) is 1.67. The molecule has 0 aliphatic carbocycles. The van der Waals surface area contributed by atoms with Crippen molar-refractivity contribution in [3.05, 3.63) is 0 Å². The maximum Gasteiger partial charge on any atom is 0.233 e. The maximum atomic E-state index is 12.9. The van der Waals surface area contributed by atoms with Gasteiger partial charge in [-0.15, -0.1) is 0 Å². The van der Waals surface area contributed by atoms with Gasteiger partial charge in [-0.3, -0.25) is 4.57 Å². The largest absolute Gasteiger partial charge is 0.380 e. The van der Waals surface area contributed by atoms with E-state index >= 15 is 0 Å². The smallest absolute Gasteiger partial charge is 0.233 e. The Morgan fingerprint density at radius 1 is 1.05 bits per heavy atom. The van der Waals surface area contributed by atoms with Crippen LogP contribution in [-0.2, 0) is 28.0 Å². The summed E-state index contributed by atoms with van der Waals surface area (Å²) in [5.74, 6) is -2.77. The first-order valence-corrected chi connectivity index (χ1v) is 9.57. The van der Waals surface area contributed by atoms with E-state index in [2.05, 4.69) is 0 Å². The molecule has 0 bridgehead atoms. The van der Waals surface area contributed by atoms with Crippen LogP contribution >= 0.6 is 7.37 Å². The van der Waals surface area contributed by atoms with Gasteiger partial charge in [-0.2, -0.15) is 0 Å². The van der Waals surface area contributed by atoms with E-state index in [4.69, 9.17) is 23.5 Å². The molecule has 1 unspecified atom stereocenters. The normalized spacial score (nSPS) is 50.0. The molecule has 3 rings (SSSR count). The fourth-order valence-electron chi connectivity index (χ4n) is 3.27. The molecular weight excluding hydrogens is 311 g/mol. The summed E-state index contributed by atoms with van der Waals surface area (Å²) < 4.78 is 41.8. The fourth-order valence-corrected chi connectivity index (χ4v) is 5.27. The summed E-state index contributed by atoms with van der Waals surface area (Å²) in [6, 6.07) is 0. The summed E-state index contributed by atoms with van der Waals surface area (Å²) in [5, 5.41) is 10.4. The van der Waals surface area contributed by atoms with Gasteiger partial charge in [0.25, 0.3) is 0 Å². The molecule has 8 heteroatoms. The van der Waals surface area contributed by atoms with Crippen molar-refractivity contribution >= 4 is 7.37 Å². The third-order valence-corrected chi connectivity index (χ3v) is 6.90. The highest BCUT2D eigenvalue weighted by Gasteiger charge is 2.61. The molecule has 0 amide bonds. The minimum Gasteiger partial charge on any atom is -0.380 e. The van der Waals surface area contributed by atoms with Crippen LogP contribution in [0.3, 0.4) is 0 Å². The van der Waals surface area contributed by atoms with Crippen molar-refractivity contribution in [2.45, 2.75) is 76.5 Å². The van der Waals surface area contributed by atoms with Crippen LogP contribution in [0.5, 0.6) is 0 Å². The molecule has 3 aliphatic rings. The Morgan fingerprint density at radius 2 is 1.68 bits per heavy atom. The number of hydrogen-bond acceptors (Lipinski definition) is 7. The number of aliphatic hydroxyl groups is 1. The van der Waals surface area contributed by atoms with Crippen LogP contribution in [0, 0.1) is 0 Å². The number of rotatable bonds is 2. The van der Waals surface area contributed by atoms with E-state index in [0.29, 0.717) is 6.61 Å². The Balaban J connectivity index is 1.90. The molecule has 128 valence electrons. The molecule has 0 aromatic rings. The molecule has 0 spiro atoms. The van der Waals surface area contributed by atoms with E-state index in [1.54, 1.807) is 20.8 Å². The lowest BCUT2D eigenvalue weighted by Gasteiger charge is -2.41. The van der Waals surface area contributed by atoms with Crippen molar-refractivity contribution in [1.29, 1.82) is 0 Å². The number of hydrogen-bond donors (Lipinski definition) is 1. The van der Waals surface area contributed by atoms with Gasteiger partial charge >= 0.3 is 0 Å². The average Bonchev–Trinajstić information content (AvgIpc) is 2.93. The van der Waals surface area contributed by atoms with E-state index < -0.39 is 49.2 Å². The van der Waals surface area contributed by atoms with Gasteiger partial charge in [0.15, 0.2) is 17.4 Å². The molecular formula is C14H25O7P. The summed E-state index contributed by atoms with van der Waals surface area (Å²) in [5.41, 5.74) is 0. The van der Waals surface area contributed by atoms with Crippen LogP contribution in [0.4, 0.5) is 0 Å². The lowest BCUT2D eigenvalue weighted by molar-refractivity contribution is -0.174. The molecule has 3 heterocycles. The quantitative estimate of drug-likeness (QED) is 0.768. The molecule has 0 radical (unpaired) electrons. The SMILES string of the molecule is CCP1(=O)O[C@H]([C@H]2COC(C)(C)O2)[C@@H]2OC(C)(C)O[C@@H]2[C@@H]1O. The first-order chi connectivity index (χ1) is 10.1. The summed E-state index contributed by atoms with van der Waals surface area (Å²) in [4.78, 5) is 0. The van der Waals surface area contributed by atoms with Crippen molar-refractivity contribution in [2.75, 3.05) is 12.8 Å². The Bertz CT molecular complexity index is 492. The van der Waals surface area contributed by atoms with Crippen LogP contribution in [0.15, 0.2) is 0 Å². The molecule has 0 saturated carbocycles. The van der Waals surface area contributed by atoms with Gasteiger partial charge in [0, 0.05) is 6.16 Å². The zero-order valence-electron chi connectivity index (χ0n) is 13.6. The van der Waals surface area contributed by atoms with Crippen molar-refractivity contribution in [3.8, 4) is 0 Å².